The Labute approximate surface area is 153 Å². The van der Waals surface area contributed by atoms with Crippen molar-refractivity contribution >= 4 is 17.6 Å². The minimum Gasteiger partial charge on any atom is -0.493 e. The van der Waals surface area contributed by atoms with E-state index >= 15 is 0 Å². The average molecular weight is 376 g/mol. The second-order valence-electron chi connectivity index (χ2n) is 5.02. The van der Waals surface area contributed by atoms with E-state index in [0.29, 0.717) is 27.9 Å². The Hall–Kier alpha value is -3.13. The lowest BCUT2D eigenvalue weighted by Gasteiger charge is -2.07. The molecule has 0 aliphatic rings. The van der Waals surface area contributed by atoms with E-state index in [-0.39, 0.29) is 18.2 Å². The summed E-state index contributed by atoms with van der Waals surface area (Å²) in [5.41, 5.74) is 0.762. The van der Waals surface area contributed by atoms with Gasteiger partial charge in [0.05, 0.1) is 14.2 Å². The van der Waals surface area contributed by atoms with Crippen molar-refractivity contribution in [1.29, 1.82) is 0 Å². The molecule has 0 fully saturated rings. The first-order valence-corrected chi connectivity index (χ1v) is 7.82. The van der Waals surface area contributed by atoms with E-state index in [1.807, 2.05) is 0 Å². The molecule has 0 amide bonds. The topological polar surface area (TPSA) is 96.6 Å². The van der Waals surface area contributed by atoms with Gasteiger partial charge < -0.3 is 18.7 Å². The molecular weight excluding hydrogens is 362 g/mol. The Morgan fingerprint density at radius 2 is 1.96 bits per heavy atom. The zero-order valence-corrected chi connectivity index (χ0v) is 14.7. The molecule has 0 aliphatic heterocycles. The van der Waals surface area contributed by atoms with E-state index in [9.17, 15) is 4.79 Å². The highest BCUT2D eigenvalue weighted by molar-refractivity contribution is 6.30. The third kappa shape index (κ3) is 3.92. The molecule has 2 aromatic heterocycles. The van der Waals surface area contributed by atoms with Crippen molar-refractivity contribution in [2.75, 3.05) is 14.2 Å². The van der Waals surface area contributed by atoms with Crippen LogP contribution in [0, 0.1) is 0 Å². The highest BCUT2D eigenvalue weighted by Gasteiger charge is 2.15. The van der Waals surface area contributed by atoms with E-state index in [1.54, 1.807) is 31.4 Å². The van der Waals surface area contributed by atoms with Crippen molar-refractivity contribution < 1.29 is 23.5 Å². The van der Waals surface area contributed by atoms with Crippen molar-refractivity contribution in [2.24, 2.45) is 0 Å². The Balaban J connectivity index is 1.69. The van der Waals surface area contributed by atoms with Gasteiger partial charge in [-0.15, -0.1) is 0 Å². The zero-order chi connectivity index (χ0) is 18.5. The number of aromatic nitrogens is 3. The molecule has 0 bridgehead atoms. The zero-order valence-electron chi connectivity index (χ0n) is 13.9. The highest BCUT2D eigenvalue weighted by atomic mass is 35.5. The smallest absolute Gasteiger partial charge is 0.357 e. The Bertz CT molecular complexity index is 928. The molecule has 0 N–H and O–H groups in total. The number of nitrogens with zero attached hydrogens (tertiary/aromatic N) is 3. The monoisotopic (exact) mass is 375 g/mol. The fraction of sp³-hybridized carbons (Fsp3) is 0.176. The van der Waals surface area contributed by atoms with Crippen LogP contribution in [-0.4, -0.2) is 35.3 Å². The number of carbonyl (C=O) groups excluding carboxylic acids is 1. The van der Waals surface area contributed by atoms with Gasteiger partial charge in [-0.2, -0.15) is 4.98 Å². The molecule has 0 saturated carbocycles. The number of hydrogen-bond donors (Lipinski definition) is 0. The number of hydrogen-bond acceptors (Lipinski definition) is 8. The van der Waals surface area contributed by atoms with Crippen molar-refractivity contribution in [3.63, 3.8) is 0 Å². The average Bonchev–Trinajstić information content (AvgIpc) is 3.14. The van der Waals surface area contributed by atoms with Gasteiger partial charge in [-0.1, -0.05) is 16.8 Å². The first-order valence-electron chi connectivity index (χ1n) is 7.44. The van der Waals surface area contributed by atoms with Crippen LogP contribution in [0.4, 0.5) is 0 Å². The fourth-order valence-electron chi connectivity index (χ4n) is 2.12. The predicted molar refractivity (Wildman–Crippen MR) is 91.2 cm³/mol. The summed E-state index contributed by atoms with van der Waals surface area (Å²) in [5.74, 6) is 0.958. The van der Waals surface area contributed by atoms with Gasteiger partial charge in [0.15, 0.2) is 18.1 Å². The lowest BCUT2D eigenvalue weighted by atomic mass is 10.2. The van der Waals surface area contributed by atoms with Crippen LogP contribution >= 0.6 is 11.6 Å². The van der Waals surface area contributed by atoms with E-state index in [4.69, 9.17) is 30.3 Å². The largest absolute Gasteiger partial charge is 0.493 e. The summed E-state index contributed by atoms with van der Waals surface area (Å²) in [5, 5.41) is 4.26. The molecule has 3 rings (SSSR count). The Kier molecular flexibility index (Phi) is 5.33. The summed E-state index contributed by atoms with van der Waals surface area (Å²) in [4.78, 5) is 20.0. The first-order chi connectivity index (χ1) is 12.6. The molecule has 9 heteroatoms. The van der Waals surface area contributed by atoms with Gasteiger partial charge in [0.2, 0.25) is 5.82 Å². The molecule has 0 saturated heterocycles. The summed E-state index contributed by atoms with van der Waals surface area (Å²) in [7, 11) is 3.08. The summed E-state index contributed by atoms with van der Waals surface area (Å²) in [6, 6.07) is 8.18. The molecule has 2 heterocycles. The minimum atomic E-state index is -0.640. The number of ether oxygens (including phenoxy) is 3. The van der Waals surface area contributed by atoms with Crippen LogP contribution in [0.1, 0.15) is 16.4 Å². The van der Waals surface area contributed by atoms with Gasteiger partial charge in [0.1, 0.15) is 5.69 Å². The normalized spacial score (nSPS) is 10.4. The summed E-state index contributed by atoms with van der Waals surface area (Å²) in [6.07, 6.45) is 1.42. The van der Waals surface area contributed by atoms with Gasteiger partial charge in [-0.05, 0) is 30.3 Å². The van der Waals surface area contributed by atoms with Crippen LogP contribution in [0.3, 0.4) is 0 Å². The molecule has 1 aromatic carbocycles. The molecule has 3 aromatic rings. The lowest BCUT2D eigenvalue weighted by Crippen LogP contribution is -2.07. The van der Waals surface area contributed by atoms with E-state index in [0.717, 1.165) is 0 Å². The number of halogens is 1. The Morgan fingerprint density at radius 3 is 2.69 bits per heavy atom. The van der Waals surface area contributed by atoms with E-state index in [1.165, 1.54) is 19.4 Å². The molecule has 26 heavy (non-hydrogen) atoms. The van der Waals surface area contributed by atoms with Crippen LogP contribution < -0.4 is 9.47 Å². The SMILES string of the molecule is COc1ccc(-c2noc(COC(=O)c3cc(Cl)ccn3)n2)cc1OC. The molecule has 0 unspecified atom stereocenters. The molecular formula is C17H14ClN3O5. The fourth-order valence-corrected chi connectivity index (χ4v) is 2.28. The van der Waals surface area contributed by atoms with Crippen molar-refractivity contribution in [3.05, 3.63) is 53.1 Å². The van der Waals surface area contributed by atoms with Crippen LogP contribution in [0.5, 0.6) is 11.5 Å². The highest BCUT2D eigenvalue weighted by Crippen LogP contribution is 2.31. The quantitative estimate of drug-likeness (QED) is 0.606. The standard InChI is InChI=1S/C17H14ClN3O5/c1-23-13-4-3-10(7-14(13)24-2)16-20-15(26-21-16)9-25-17(22)12-8-11(18)5-6-19-12/h3-8H,9H2,1-2H3. The molecule has 0 atom stereocenters. The molecule has 0 spiro atoms. The molecule has 134 valence electrons. The molecule has 8 nitrogen and oxygen atoms in total. The van der Waals surface area contributed by atoms with Crippen molar-refractivity contribution in [3.8, 4) is 22.9 Å². The molecule has 0 radical (unpaired) electrons. The number of pyridine rings is 1. The van der Waals surface area contributed by atoms with Crippen LogP contribution in [0.2, 0.25) is 5.02 Å². The van der Waals surface area contributed by atoms with Gasteiger partial charge in [-0.25, -0.2) is 9.78 Å². The second kappa shape index (κ2) is 7.83. The Morgan fingerprint density at radius 1 is 1.15 bits per heavy atom. The summed E-state index contributed by atoms with van der Waals surface area (Å²) < 4.78 is 20.6. The van der Waals surface area contributed by atoms with Crippen molar-refractivity contribution in [2.45, 2.75) is 6.61 Å². The van der Waals surface area contributed by atoms with Gasteiger partial charge in [-0.3, -0.25) is 0 Å². The van der Waals surface area contributed by atoms with Crippen molar-refractivity contribution in [1.82, 2.24) is 15.1 Å². The predicted octanol–water partition coefficient (Wildman–Crippen LogP) is 3.16. The van der Waals surface area contributed by atoms with Gasteiger partial charge >= 0.3 is 5.97 Å². The third-order valence-corrected chi connectivity index (χ3v) is 3.60. The first kappa shape index (κ1) is 17.7. The number of rotatable bonds is 6. The van der Waals surface area contributed by atoms with Crippen LogP contribution in [-0.2, 0) is 11.3 Å². The lowest BCUT2D eigenvalue weighted by molar-refractivity contribution is 0.0423. The van der Waals surface area contributed by atoms with Crippen LogP contribution in [0.15, 0.2) is 41.1 Å². The van der Waals surface area contributed by atoms with Gasteiger partial charge in [0, 0.05) is 16.8 Å². The maximum Gasteiger partial charge on any atom is 0.357 e. The maximum absolute atomic E-state index is 11.9. The third-order valence-electron chi connectivity index (χ3n) is 3.37. The minimum absolute atomic E-state index is 0.0946. The molecule has 0 aliphatic carbocycles. The van der Waals surface area contributed by atoms with Crippen LogP contribution in [0.25, 0.3) is 11.4 Å². The number of carbonyl (C=O) groups is 1. The second-order valence-corrected chi connectivity index (χ2v) is 5.45. The number of benzene rings is 1. The maximum atomic E-state index is 11.9. The summed E-state index contributed by atoms with van der Waals surface area (Å²) in [6.45, 7) is -0.187. The van der Waals surface area contributed by atoms with E-state index < -0.39 is 5.97 Å². The van der Waals surface area contributed by atoms with E-state index in [2.05, 4.69) is 15.1 Å². The number of methoxy groups -OCH3 is 2. The number of esters is 1. The van der Waals surface area contributed by atoms with Gasteiger partial charge in [0.25, 0.3) is 5.89 Å². The summed E-state index contributed by atoms with van der Waals surface area (Å²) >= 11 is 5.82.